The number of benzene rings is 8. The van der Waals surface area contributed by atoms with Gasteiger partial charge in [-0.3, -0.25) is 9.59 Å². The van der Waals surface area contributed by atoms with Gasteiger partial charge in [-0.05, 0) is 155 Å². The number of azo groups is 2. The van der Waals surface area contributed by atoms with E-state index in [1.54, 1.807) is 48.5 Å². The highest BCUT2D eigenvalue weighted by Gasteiger charge is 2.45. The number of ether oxygens (including phenoxy) is 2. The van der Waals surface area contributed by atoms with Crippen molar-refractivity contribution in [2.75, 3.05) is 10.6 Å². The van der Waals surface area contributed by atoms with Crippen LogP contribution in [0.2, 0.25) is 0 Å². The topological polar surface area (TPSA) is 126 Å². The summed E-state index contributed by atoms with van der Waals surface area (Å²) in [4.78, 5) is 22.6. The lowest BCUT2D eigenvalue weighted by Gasteiger charge is -2.34. The van der Waals surface area contributed by atoms with Crippen LogP contribution in [0.5, 0.6) is 23.0 Å². The standard InChI is InChI=1S/C53H40N6O4/c1-35(60)54-39-15-19-41(20-16-39)56-58-43-23-31-47(32-24-43)62-45-27-11-37(12-28-45)53(51-9-5-3-7-49(51)50-8-4-6-10-52(50)53)38-13-29-46(30-14-38)63-48-33-25-44(26-34-48)59-57-42-21-17-40(18-22-42)55-36(2)61/h3-34H,1-2H3,(H,54,60)(H,55,61)/b58-56+,59-57+. The molecule has 1 aliphatic rings. The van der Waals surface area contributed by atoms with Gasteiger partial charge in [-0.15, -0.1) is 0 Å². The molecule has 2 N–H and O–H groups in total. The van der Waals surface area contributed by atoms with Gasteiger partial charge in [0.1, 0.15) is 23.0 Å². The molecule has 9 rings (SSSR count). The monoisotopic (exact) mass is 824 g/mol. The van der Waals surface area contributed by atoms with Crippen LogP contribution in [0.1, 0.15) is 36.1 Å². The van der Waals surface area contributed by atoms with Gasteiger partial charge in [-0.1, -0.05) is 72.8 Å². The molecular weight excluding hydrogens is 785 g/mol. The van der Waals surface area contributed by atoms with Crippen LogP contribution in [0.3, 0.4) is 0 Å². The van der Waals surface area contributed by atoms with Crippen molar-refractivity contribution >= 4 is 45.9 Å². The minimum absolute atomic E-state index is 0.127. The van der Waals surface area contributed by atoms with E-state index >= 15 is 0 Å². The molecule has 306 valence electrons. The molecule has 0 unspecified atom stereocenters. The molecule has 0 radical (unpaired) electrons. The first-order valence-electron chi connectivity index (χ1n) is 20.4. The molecule has 1 aliphatic carbocycles. The van der Waals surface area contributed by atoms with Crippen molar-refractivity contribution in [2.45, 2.75) is 19.3 Å². The molecule has 10 heteroatoms. The lowest BCUT2D eigenvalue weighted by Crippen LogP contribution is -2.28. The first kappa shape index (κ1) is 39.9. The summed E-state index contributed by atoms with van der Waals surface area (Å²) >= 11 is 0. The molecule has 0 atom stereocenters. The zero-order chi connectivity index (χ0) is 43.2. The summed E-state index contributed by atoms with van der Waals surface area (Å²) in [5.41, 5.74) is 10.5. The maximum absolute atomic E-state index is 11.3. The van der Waals surface area contributed by atoms with E-state index in [9.17, 15) is 9.59 Å². The average Bonchev–Trinajstić information content (AvgIpc) is 3.61. The Hall–Kier alpha value is -8.50. The van der Waals surface area contributed by atoms with E-state index in [-0.39, 0.29) is 11.8 Å². The fourth-order valence-electron chi connectivity index (χ4n) is 7.86. The van der Waals surface area contributed by atoms with Gasteiger partial charge in [0.2, 0.25) is 11.8 Å². The number of carbonyl (C=O) groups is 2. The molecular formula is C53H40N6O4. The molecule has 0 fully saturated rings. The zero-order valence-electron chi connectivity index (χ0n) is 34.4. The molecule has 10 nitrogen and oxygen atoms in total. The summed E-state index contributed by atoms with van der Waals surface area (Å²) < 4.78 is 12.6. The van der Waals surface area contributed by atoms with Crippen molar-refractivity contribution in [1.29, 1.82) is 0 Å². The summed E-state index contributed by atoms with van der Waals surface area (Å²) in [5.74, 6) is 2.51. The molecule has 0 bridgehead atoms. The molecule has 0 aromatic heterocycles. The largest absolute Gasteiger partial charge is 0.457 e. The second kappa shape index (κ2) is 17.6. The van der Waals surface area contributed by atoms with Crippen LogP contribution in [0.15, 0.2) is 215 Å². The Labute approximate surface area is 364 Å². The van der Waals surface area contributed by atoms with E-state index < -0.39 is 5.41 Å². The molecule has 0 spiro atoms. The van der Waals surface area contributed by atoms with Crippen molar-refractivity contribution in [3.8, 4) is 34.1 Å². The van der Waals surface area contributed by atoms with E-state index in [0.29, 0.717) is 57.1 Å². The highest BCUT2D eigenvalue weighted by atomic mass is 16.5. The highest BCUT2D eigenvalue weighted by Crippen LogP contribution is 2.56. The molecule has 0 saturated carbocycles. The number of carbonyl (C=O) groups excluding carboxylic acids is 2. The highest BCUT2D eigenvalue weighted by molar-refractivity contribution is 5.89. The number of fused-ring (bicyclic) bond motifs is 3. The third kappa shape index (κ3) is 8.73. The van der Waals surface area contributed by atoms with Crippen molar-refractivity contribution in [3.05, 3.63) is 216 Å². The van der Waals surface area contributed by atoms with E-state index in [2.05, 4.69) is 104 Å². The van der Waals surface area contributed by atoms with Crippen LogP contribution in [-0.4, -0.2) is 11.8 Å². The van der Waals surface area contributed by atoms with Gasteiger partial charge < -0.3 is 20.1 Å². The fourth-order valence-corrected chi connectivity index (χ4v) is 7.86. The zero-order valence-corrected chi connectivity index (χ0v) is 34.4. The second-order valence-corrected chi connectivity index (χ2v) is 14.9. The molecule has 8 aromatic carbocycles. The minimum atomic E-state index is -0.599. The Kier molecular flexibility index (Phi) is 11.2. The Bertz CT molecular complexity index is 2760. The number of hydrogen-bond donors (Lipinski definition) is 2. The first-order valence-corrected chi connectivity index (χ1v) is 20.4. The maximum Gasteiger partial charge on any atom is 0.221 e. The van der Waals surface area contributed by atoms with Gasteiger partial charge in [0.25, 0.3) is 0 Å². The van der Waals surface area contributed by atoms with Crippen LogP contribution in [0.25, 0.3) is 11.1 Å². The lowest BCUT2D eigenvalue weighted by molar-refractivity contribution is -0.115. The van der Waals surface area contributed by atoms with Crippen LogP contribution in [0, 0.1) is 0 Å². The summed E-state index contributed by atoms with van der Waals surface area (Å²) in [6, 6.07) is 63.2. The number of hydrogen-bond acceptors (Lipinski definition) is 8. The van der Waals surface area contributed by atoms with Crippen LogP contribution < -0.4 is 20.1 Å². The Morgan fingerprint density at radius 2 is 0.667 bits per heavy atom. The van der Waals surface area contributed by atoms with Gasteiger partial charge in [0.15, 0.2) is 0 Å². The number of anilines is 2. The maximum atomic E-state index is 11.3. The normalized spacial score (nSPS) is 12.4. The summed E-state index contributed by atoms with van der Waals surface area (Å²) in [6.07, 6.45) is 0. The van der Waals surface area contributed by atoms with Crippen LogP contribution in [-0.2, 0) is 15.0 Å². The van der Waals surface area contributed by atoms with Crippen molar-refractivity contribution in [2.24, 2.45) is 20.5 Å². The molecule has 2 amide bonds. The smallest absolute Gasteiger partial charge is 0.221 e. The number of rotatable bonds is 12. The molecule has 0 heterocycles. The van der Waals surface area contributed by atoms with Gasteiger partial charge in [0.05, 0.1) is 28.2 Å². The molecule has 8 aromatic rings. The third-order valence-electron chi connectivity index (χ3n) is 10.6. The quantitative estimate of drug-likeness (QED) is 0.119. The average molecular weight is 825 g/mol. The number of nitrogens with zero attached hydrogens (tertiary/aromatic N) is 4. The Balaban J connectivity index is 0.931. The Morgan fingerprint density at radius 1 is 0.381 bits per heavy atom. The predicted molar refractivity (Wildman–Crippen MR) is 247 cm³/mol. The van der Waals surface area contributed by atoms with Crippen LogP contribution >= 0.6 is 0 Å². The molecule has 0 aliphatic heterocycles. The van der Waals surface area contributed by atoms with E-state index in [0.717, 1.165) is 11.1 Å². The summed E-state index contributed by atoms with van der Waals surface area (Å²) in [7, 11) is 0. The van der Waals surface area contributed by atoms with Gasteiger partial charge >= 0.3 is 0 Å². The minimum Gasteiger partial charge on any atom is -0.457 e. The summed E-state index contributed by atoms with van der Waals surface area (Å²) in [5, 5.41) is 22.8. The predicted octanol–water partition coefficient (Wildman–Crippen LogP) is 14.4. The molecule has 63 heavy (non-hydrogen) atoms. The van der Waals surface area contributed by atoms with E-state index in [1.165, 1.54) is 36.1 Å². The van der Waals surface area contributed by atoms with Crippen LogP contribution in [0.4, 0.5) is 34.1 Å². The van der Waals surface area contributed by atoms with Gasteiger partial charge in [-0.2, -0.15) is 20.5 Å². The fraction of sp³-hybridized carbons (Fsp3) is 0.0566. The second-order valence-electron chi connectivity index (χ2n) is 14.9. The van der Waals surface area contributed by atoms with E-state index in [4.69, 9.17) is 9.47 Å². The first-order chi connectivity index (χ1) is 30.8. The molecule has 0 saturated heterocycles. The lowest BCUT2D eigenvalue weighted by atomic mass is 9.68. The van der Waals surface area contributed by atoms with Crippen molar-refractivity contribution in [1.82, 2.24) is 0 Å². The van der Waals surface area contributed by atoms with Gasteiger partial charge in [0, 0.05) is 25.2 Å². The number of nitrogens with one attached hydrogen (secondary N) is 2. The number of amides is 2. The van der Waals surface area contributed by atoms with Crippen molar-refractivity contribution in [3.63, 3.8) is 0 Å². The Morgan fingerprint density at radius 3 is 0.984 bits per heavy atom. The SMILES string of the molecule is CC(=O)Nc1ccc(/N=N/c2ccc(Oc3ccc(C4(c5ccc(Oc6ccc(/N=N/c7ccc(NC(C)=O)cc7)cc6)cc5)c5ccccc5-c5ccccc54)cc3)cc2)cc1. The van der Waals surface area contributed by atoms with Gasteiger partial charge in [-0.25, -0.2) is 0 Å². The van der Waals surface area contributed by atoms with E-state index in [1.807, 2.05) is 72.8 Å². The summed E-state index contributed by atoms with van der Waals surface area (Å²) in [6.45, 7) is 2.94. The van der Waals surface area contributed by atoms with Crippen molar-refractivity contribution < 1.29 is 19.1 Å². The third-order valence-corrected chi connectivity index (χ3v) is 10.6.